The van der Waals surface area contributed by atoms with Crippen molar-refractivity contribution < 1.29 is 14.7 Å². The van der Waals surface area contributed by atoms with Gasteiger partial charge in [-0.1, -0.05) is 24.1 Å². The predicted molar refractivity (Wildman–Crippen MR) is 78.0 cm³/mol. The van der Waals surface area contributed by atoms with Gasteiger partial charge in [-0.15, -0.1) is 11.3 Å². The molecule has 0 unspecified atom stereocenters. The van der Waals surface area contributed by atoms with Crippen LogP contribution in [-0.4, -0.2) is 17.0 Å². The summed E-state index contributed by atoms with van der Waals surface area (Å²) >= 11 is 1.21. The van der Waals surface area contributed by atoms with Gasteiger partial charge in [0.05, 0.1) is 5.56 Å². The molecule has 1 heterocycles. The first-order valence-electron chi connectivity index (χ1n) is 5.78. The largest absolute Gasteiger partial charge is 0.478 e. The minimum absolute atomic E-state index is 0.0855. The predicted octanol–water partition coefficient (Wildman–Crippen LogP) is 2.74. The summed E-state index contributed by atoms with van der Waals surface area (Å²) in [6.07, 6.45) is 0. The van der Waals surface area contributed by atoms with Crippen molar-refractivity contribution in [2.45, 2.75) is 6.92 Å². The Morgan fingerprint density at radius 1 is 1.25 bits per heavy atom. The molecule has 0 fully saturated rings. The van der Waals surface area contributed by atoms with Crippen molar-refractivity contribution in [1.29, 1.82) is 0 Å². The molecule has 4 nitrogen and oxygen atoms in total. The Hall–Kier alpha value is -2.58. The minimum Gasteiger partial charge on any atom is -0.478 e. The zero-order chi connectivity index (χ0) is 14.5. The van der Waals surface area contributed by atoms with Crippen LogP contribution in [0.4, 0.5) is 5.00 Å². The van der Waals surface area contributed by atoms with E-state index in [9.17, 15) is 9.59 Å². The molecule has 0 saturated carbocycles. The molecule has 1 aromatic heterocycles. The highest BCUT2D eigenvalue weighted by Crippen LogP contribution is 2.27. The van der Waals surface area contributed by atoms with Crippen molar-refractivity contribution in [2.75, 3.05) is 5.32 Å². The molecule has 2 N–H and O–H groups in total. The van der Waals surface area contributed by atoms with Crippen molar-refractivity contribution in [2.24, 2.45) is 0 Å². The van der Waals surface area contributed by atoms with Crippen LogP contribution in [-0.2, 0) is 4.79 Å². The fourth-order valence-electron chi connectivity index (χ4n) is 1.55. The molecule has 20 heavy (non-hydrogen) atoms. The summed E-state index contributed by atoms with van der Waals surface area (Å²) in [4.78, 5) is 23.5. The Morgan fingerprint density at radius 2 is 1.95 bits per heavy atom. The minimum atomic E-state index is -1.07. The quantitative estimate of drug-likeness (QED) is 0.834. The van der Waals surface area contributed by atoms with Crippen LogP contribution in [0.5, 0.6) is 0 Å². The molecule has 0 spiro atoms. The van der Waals surface area contributed by atoms with Crippen LogP contribution in [0.3, 0.4) is 0 Å². The van der Waals surface area contributed by atoms with Crippen LogP contribution >= 0.6 is 11.3 Å². The van der Waals surface area contributed by atoms with Crippen LogP contribution in [0.15, 0.2) is 36.4 Å². The van der Waals surface area contributed by atoms with Gasteiger partial charge in [-0.3, -0.25) is 4.79 Å². The fraction of sp³-hybridized carbons (Fsp3) is 0.0667. The Kier molecular flexibility index (Phi) is 4.18. The number of carboxylic acids is 1. The molecule has 0 aliphatic carbocycles. The molecule has 5 heteroatoms. The summed E-state index contributed by atoms with van der Waals surface area (Å²) in [7, 11) is 0. The van der Waals surface area contributed by atoms with Crippen LogP contribution in [0.2, 0.25) is 0 Å². The highest BCUT2D eigenvalue weighted by molar-refractivity contribution is 7.16. The smallest absolute Gasteiger partial charge is 0.338 e. The van der Waals surface area contributed by atoms with Crippen molar-refractivity contribution >= 4 is 28.2 Å². The van der Waals surface area contributed by atoms with Gasteiger partial charge in [0.2, 0.25) is 0 Å². The molecule has 0 aliphatic heterocycles. The standard InChI is InChI=1S/C15H11NO3S/c1-10-9-12(15(18)19)14(20-10)16-13(17)8-7-11-5-3-2-4-6-11/h2-6,9H,1H3,(H,16,17)(H,18,19). The van der Waals surface area contributed by atoms with Gasteiger partial charge in [0.25, 0.3) is 0 Å². The summed E-state index contributed by atoms with van der Waals surface area (Å²) in [6.45, 7) is 1.78. The SMILES string of the molecule is Cc1cc(C(=O)O)c(NC(=O)C#Cc2ccccc2)s1. The second kappa shape index (κ2) is 6.04. The Balaban J connectivity index is 2.13. The van der Waals surface area contributed by atoms with Crippen LogP contribution < -0.4 is 5.32 Å². The third-order valence-electron chi connectivity index (χ3n) is 2.41. The van der Waals surface area contributed by atoms with Gasteiger partial charge < -0.3 is 10.4 Å². The van der Waals surface area contributed by atoms with E-state index in [2.05, 4.69) is 17.2 Å². The number of rotatable bonds is 2. The Bertz CT molecular complexity index is 708. The number of hydrogen-bond acceptors (Lipinski definition) is 3. The van der Waals surface area contributed by atoms with E-state index in [1.54, 1.807) is 19.1 Å². The molecule has 2 rings (SSSR count). The average Bonchev–Trinajstić information content (AvgIpc) is 2.79. The number of nitrogens with one attached hydrogen (secondary N) is 1. The second-order valence-electron chi connectivity index (χ2n) is 3.98. The van der Waals surface area contributed by atoms with E-state index in [0.29, 0.717) is 5.00 Å². The molecule has 0 atom stereocenters. The van der Waals surface area contributed by atoms with Gasteiger partial charge in [-0.25, -0.2) is 4.79 Å². The van der Waals surface area contributed by atoms with Crippen molar-refractivity contribution in [3.05, 3.63) is 52.4 Å². The van der Waals surface area contributed by atoms with E-state index in [1.165, 1.54) is 17.4 Å². The maximum atomic E-state index is 11.7. The highest BCUT2D eigenvalue weighted by Gasteiger charge is 2.14. The van der Waals surface area contributed by atoms with Gasteiger partial charge >= 0.3 is 11.9 Å². The van der Waals surface area contributed by atoms with E-state index in [0.717, 1.165) is 10.4 Å². The van der Waals surface area contributed by atoms with E-state index < -0.39 is 11.9 Å². The Morgan fingerprint density at radius 3 is 2.60 bits per heavy atom. The van der Waals surface area contributed by atoms with Gasteiger partial charge in [0.15, 0.2) is 0 Å². The number of carboxylic acid groups (broad SMARTS) is 1. The van der Waals surface area contributed by atoms with Crippen molar-refractivity contribution in [3.63, 3.8) is 0 Å². The number of aromatic carboxylic acids is 1. The number of carbonyl (C=O) groups excluding carboxylic acids is 1. The lowest BCUT2D eigenvalue weighted by Gasteiger charge is -1.98. The van der Waals surface area contributed by atoms with Crippen LogP contribution in [0.25, 0.3) is 0 Å². The van der Waals surface area contributed by atoms with E-state index in [-0.39, 0.29) is 5.56 Å². The number of amides is 1. The number of thiophene rings is 1. The molecule has 0 bridgehead atoms. The van der Waals surface area contributed by atoms with Crippen molar-refractivity contribution in [1.82, 2.24) is 0 Å². The molecule has 2 aromatic rings. The zero-order valence-electron chi connectivity index (χ0n) is 10.6. The van der Waals surface area contributed by atoms with Crippen LogP contribution in [0, 0.1) is 18.8 Å². The van der Waals surface area contributed by atoms with E-state index in [4.69, 9.17) is 5.11 Å². The summed E-state index contributed by atoms with van der Waals surface area (Å²) in [5.41, 5.74) is 0.811. The molecule has 1 aromatic carbocycles. The average molecular weight is 285 g/mol. The third kappa shape index (κ3) is 3.46. The first-order chi connectivity index (χ1) is 9.56. The Labute approximate surface area is 120 Å². The number of hydrogen-bond donors (Lipinski definition) is 2. The summed E-state index contributed by atoms with van der Waals surface area (Å²) in [5, 5.41) is 11.8. The number of anilines is 1. The topological polar surface area (TPSA) is 66.4 Å². The number of benzene rings is 1. The number of carbonyl (C=O) groups is 2. The van der Waals surface area contributed by atoms with Gasteiger partial charge in [-0.2, -0.15) is 0 Å². The van der Waals surface area contributed by atoms with Gasteiger partial charge in [-0.05, 0) is 25.1 Å². The van der Waals surface area contributed by atoms with Crippen molar-refractivity contribution in [3.8, 4) is 11.8 Å². The lowest BCUT2D eigenvalue weighted by molar-refractivity contribution is -0.111. The summed E-state index contributed by atoms with van der Waals surface area (Å²) in [6, 6.07) is 10.6. The monoisotopic (exact) mass is 285 g/mol. The zero-order valence-corrected chi connectivity index (χ0v) is 11.5. The third-order valence-corrected chi connectivity index (χ3v) is 3.37. The van der Waals surface area contributed by atoms with Gasteiger partial charge in [0, 0.05) is 16.4 Å². The molecule has 100 valence electrons. The van der Waals surface area contributed by atoms with Crippen LogP contribution in [0.1, 0.15) is 20.8 Å². The molecular formula is C15H11NO3S. The highest BCUT2D eigenvalue weighted by atomic mass is 32.1. The molecular weight excluding hydrogens is 274 g/mol. The lowest BCUT2D eigenvalue weighted by Crippen LogP contribution is -2.10. The van der Waals surface area contributed by atoms with E-state index >= 15 is 0 Å². The normalized spacial score (nSPS) is 9.45. The maximum Gasteiger partial charge on any atom is 0.338 e. The lowest BCUT2D eigenvalue weighted by atomic mass is 10.2. The molecule has 0 aliphatic rings. The fourth-order valence-corrected chi connectivity index (χ4v) is 2.45. The summed E-state index contributed by atoms with van der Waals surface area (Å²) in [5.74, 6) is 3.55. The van der Waals surface area contributed by atoms with Gasteiger partial charge in [0.1, 0.15) is 5.00 Å². The second-order valence-corrected chi connectivity index (χ2v) is 5.23. The first-order valence-corrected chi connectivity index (χ1v) is 6.59. The van der Waals surface area contributed by atoms with E-state index in [1.807, 2.05) is 18.2 Å². The first kappa shape index (κ1) is 13.8. The summed E-state index contributed by atoms with van der Waals surface area (Å²) < 4.78 is 0. The molecule has 1 amide bonds. The number of aryl methyl sites for hydroxylation is 1. The maximum absolute atomic E-state index is 11.7. The molecule has 0 radical (unpaired) electrons. The molecule has 0 saturated heterocycles.